The number of aliphatic hydroxyl groups is 3. The first-order valence-corrected chi connectivity index (χ1v) is 10.1. The second kappa shape index (κ2) is 10.1. The molecule has 0 heterocycles. The first kappa shape index (κ1) is 24.6. The number of carbonyl (C=O) groups excluding carboxylic acids is 3. The van der Waals surface area contributed by atoms with E-state index in [1.54, 1.807) is 26.0 Å². The van der Waals surface area contributed by atoms with Gasteiger partial charge in [-0.1, -0.05) is 31.5 Å². The predicted molar refractivity (Wildman–Crippen MR) is 112 cm³/mol. The van der Waals surface area contributed by atoms with E-state index in [4.69, 9.17) is 0 Å². The van der Waals surface area contributed by atoms with Crippen LogP contribution in [0.1, 0.15) is 32.3 Å². The molecule has 1 aliphatic carbocycles. The largest absolute Gasteiger partial charge is 0.467 e. The van der Waals surface area contributed by atoms with Gasteiger partial charge in [0.05, 0.1) is 19.3 Å². The zero-order valence-electron chi connectivity index (χ0n) is 18.1. The Bertz CT molecular complexity index is 799. The molecule has 1 fully saturated rings. The minimum atomic E-state index is -2.11. The third-order valence-electron chi connectivity index (χ3n) is 5.37. The molecule has 10 heteroatoms. The standard InChI is InChI=1S/C21H31N3O7/c1-11(2)16(18(27)31-4)24-19(28)21(30)9-14(17(26)15(25)10-21)23-20(29)22-13-7-5-12(3)6-8-13/h5-8,11,14-17,25-26,30H,9-10H2,1-4H3,(H,24,28)(H2,22,23,29)/t14-,15+,16+,17+,21-/m0/s1. The molecular formula is C21H31N3O7. The number of benzene rings is 1. The topological polar surface area (TPSA) is 157 Å². The molecule has 1 saturated carbocycles. The monoisotopic (exact) mass is 437 g/mol. The predicted octanol–water partition coefficient (Wildman–Crippen LogP) is 0.0456. The van der Waals surface area contributed by atoms with Gasteiger partial charge in [-0.25, -0.2) is 9.59 Å². The third kappa shape index (κ3) is 6.16. The number of hydrogen-bond acceptors (Lipinski definition) is 7. The summed E-state index contributed by atoms with van der Waals surface area (Å²) in [5.41, 5.74) is -0.582. The average Bonchev–Trinajstić information content (AvgIpc) is 2.70. The van der Waals surface area contributed by atoms with Crippen molar-refractivity contribution in [2.24, 2.45) is 5.92 Å². The number of hydrogen-bond donors (Lipinski definition) is 6. The highest BCUT2D eigenvalue weighted by atomic mass is 16.5. The van der Waals surface area contributed by atoms with Gasteiger partial charge >= 0.3 is 12.0 Å². The summed E-state index contributed by atoms with van der Waals surface area (Å²) < 4.78 is 4.68. The van der Waals surface area contributed by atoms with Crippen LogP contribution in [-0.2, 0) is 14.3 Å². The summed E-state index contributed by atoms with van der Waals surface area (Å²) in [6.45, 7) is 5.30. The summed E-state index contributed by atoms with van der Waals surface area (Å²) >= 11 is 0. The fourth-order valence-corrected chi connectivity index (χ4v) is 3.50. The molecule has 0 unspecified atom stereocenters. The van der Waals surface area contributed by atoms with Crippen LogP contribution >= 0.6 is 0 Å². The molecule has 6 N–H and O–H groups in total. The number of carbonyl (C=O) groups is 3. The minimum absolute atomic E-state index is 0.312. The normalized spacial score (nSPS) is 26.6. The highest BCUT2D eigenvalue weighted by Crippen LogP contribution is 2.30. The Morgan fingerprint density at radius 3 is 2.29 bits per heavy atom. The SMILES string of the molecule is COC(=O)[C@H](NC(=O)[C@@]1(O)C[C@@H](O)[C@H](O)[C@@H](NC(=O)Nc2ccc(C)cc2)C1)C(C)C. The summed E-state index contributed by atoms with van der Waals surface area (Å²) in [6.07, 6.45) is -3.67. The van der Waals surface area contributed by atoms with E-state index in [1.807, 2.05) is 19.1 Å². The van der Waals surface area contributed by atoms with Crippen LogP contribution in [0.3, 0.4) is 0 Å². The first-order chi connectivity index (χ1) is 14.5. The number of ether oxygens (including phenoxy) is 1. The zero-order chi connectivity index (χ0) is 23.3. The maximum Gasteiger partial charge on any atom is 0.328 e. The summed E-state index contributed by atoms with van der Waals surface area (Å²) in [7, 11) is 1.19. The number of nitrogens with one attached hydrogen (secondary N) is 3. The number of aryl methyl sites for hydroxylation is 1. The second-order valence-corrected chi connectivity index (χ2v) is 8.29. The Morgan fingerprint density at radius 2 is 1.74 bits per heavy atom. The van der Waals surface area contributed by atoms with Crippen LogP contribution in [0.5, 0.6) is 0 Å². The average molecular weight is 437 g/mol. The first-order valence-electron chi connectivity index (χ1n) is 10.1. The summed E-state index contributed by atoms with van der Waals surface area (Å²) in [6, 6.07) is 4.24. The second-order valence-electron chi connectivity index (χ2n) is 8.29. The van der Waals surface area contributed by atoms with Crippen molar-refractivity contribution < 1.29 is 34.4 Å². The summed E-state index contributed by atoms with van der Waals surface area (Å²) in [4.78, 5) is 37.0. The molecule has 31 heavy (non-hydrogen) atoms. The number of methoxy groups -OCH3 is 1. The smallest absolute Gasteiger partial charge is 0.328 e. The van der Waals surface area contributed by atoms with Crippen molar-refractivity contribution in [1.29, 1.82) is 0 Å². The van der Waals surface area contributed by atoms with Crippen molar-refractivity contribution in [1.82, 2.24) is 10.6 Å². The van der Waals surface area contributed by atoms with Crippen molar-refractivity contribution in [3.63, 3.8) is 0 Å². The lowest BCUT2D eigenvalue weighted by molar-refractivity contribution is -0.161. The minimum Gasteiger partial charge on any atom is -0.467 e. The quantitative estimate of drug-likeness (QED) is 0.343. The van der Waals surface area contributed by atoms with E-state index < -0.39 is 54.2 Å². The molecule has 0 saturated heterocycles. The Morgan fingerprint density at radius 1 is 1.13 bits per heavy atom. The van der Waals surface area contributed by atoms with Crippen LogP contribution in [0.2, 0.25) is 0 Å². The van der Waals surface area contributed by atoms with E-state index in [0.29, 0.717) is 5.69 Å². The van der Waals surface area contributed by atoms with Crippen LogP contribution in [0.15, 0.2) is 24.3 Å². The molecule has 0 aliphatic heterocycles. The van der Waals surface area contributed by atoms with Gasteiger partial charge in [0.25, 0.3) is 5.91 Å². The molecule has 3 amide bonds. The molecule has 0 spiro atoms. The van der Waals surface area contributed by atoms with Crippen molar-refractivity contribution in [3.05, 3.63) is 29.8 Å². The molecule has 1 aromatic carbocycles. The van der Waals surface area contributed by atoms with Crippen molar-refractivity contribution >= 4 is 23.6 Å². The number of anilines is 1. The summed E-state index contributed by atoms with van der Waals surface area (Å²) in [5, 5.41) is 38.9. The molecule has 172 valence electrons. The molecule has 2 rings (SSSR count). The van der Waals surface area contributed by atoms with Crippen LogP contribution in [0, 0.1) is 12.8 Å². The van der Waals surface area contributed by atoms with Crippen molar-refractivity contribution in [3.8, 4) is 0 Å². The molecule has 0 bridgehead atoms. The van der Waals surface area contributed by atoms with Gasteiger partial charge in [-0.3, -0.25) is 4.79 Å². The number of amides is 3. The van der Waals surface area contributed by atoms with E-state index in [0.717, 1.165) is 5.56 Å². The molecular weight excluding hydrogens is 406 g/mol. The van der Waals surface area contributed by atoms with Gasteiger partial charge in [0.15, 0.2) is 0 Å². The van der Waals surface area contributed by atoms with Crippen molar-refractivity contribution in [2.75, 3.05) is 12.4 Å². The Hall–Kier alpha value is -2.69. The summed E-state index contributed by atoms with van der Waals surface area (Å²) in [5.74, 6) is -1.88. The van der Waals surface area contributed by atoms with E-state index >= 15 is 0 Å². The Labute approximate surface area is 181 Å². The number of aliphatic hydroxyl groups excluding tert-OH is 2. The Balaban J connectivity index is 2.10. The van der Waals surface area contributed by atoms with Gasteiger partial charge < -0.3 is 36.0 Å². The molecule has 10 nitrogen and oxygen atoms in total. The number of esters is 1. The number of urea groups is 1. The third-order valence-corrected chi connectivity index (χ3v) is 5.37. The lowest BCUT2D eigenvalue weighted by Crippen LogP contribution is -2.64. The number of rotatable bonds is 6. The van der Waals surface area contributed by atoms with Gasteiger partial charge in [-0.05, 0) is 25.0 Å². The van der Waals surface area contributed by atoms with E-state index in [2.05, 4.69) is 20.7 Å². The molecule has 0 aromatic heterocycles. The van der Waals surface area contributed by atoms with Gasteiger partial charge in [0, 0.05) is 18.5 Å². The molecule has 1 aromatic rings. The van der Waals surface area contributed by atoms with E-state index in [9.17, 15) is 29.7 Å². The van der Waals surface area contributed by atoms with Crippen molar-refractivity contribution in [2.45, 2.75) is 63.5 Å². The maximum absolute atomic E-state index is 12.8. The maximum atomic E-state index is 12.8. The van der Waals surface area contributed by atoms with E-state index in [-0.39, 0.29) is 12.3 Å². The molecule has 0 radical (unpaired) electrons. The fourth-order valence-electron chi connectivity index (χ4n) is 3.50. The van der Waals surface area contributed by atoms with E-state index in [1.165, 1.54) is 7.11 Å². The lowest BCUT2D eigenvalue weighted by Gasteiger charge is -2.42. The molecule has 1 aliphatic rings. The van der Waals surface area contributed by atoms with Gasteiger partial charge in [-0.15, -0.1) is 0 Å². The Kier molecular flexibility index (Phi) is 7.99. The zero-order valence-corrected chi connectivity index (χ0v) is 18.1. The van der Waals surface area contributed by atoms with Gasteiger partial charge in [0.2, 0.25) is 0 Å². The fraction of sp³-hybridized carbons (Fsp3) is 0.571. The van der Waals surface area contributed by atoms with Crippen LogP contribution < -0.4 is 16.0 Å². The lowest BCUT2D eigenvalue weighted by atomic mass is 9.77. The van der Waals surface area contributed by atoms with Crippen LogP contribution in [0.25, 0.3) is 0 Å². The van der Waals surface area contributed by atoms with Gasteiger partial charge in [-0.2, -0.15) is 0 Å². The van der Waals surface area contributed by atoms with Gasteiger partial charge in [0.1, 0.15) is 17.7 Å². The molecule has 5 atom stereocenters. The highest BCUT2D eigenvalue weighted by Gasteiger charge is 2.50. The van der Waals surface area contributed by atoms with Crippen LogP contribution in [0.4, 0.5) is 10.5 Å². The van der Waals surface area contributed by atoms with Crippen LogP contribution in [-0.4, -0.2) is 70.2 Å². The highest BCUT2D eigenvalue weighted by molar-refractivity contribution is 5.91.